The van der Waals surface area contributed by atoms with Gasteiger partial charge in [0.05, 0.1) is 18.3 Å². The summed E-state index contributed by atoms with van der Waals surface area (Å²) in [4.78, 5) is 2.47. The number of nitrogens with zero attached hydrogens (tertiary/aromatic N) is 1. The van der Waals surface area contributed by atoms with Crippen molar-refractivity contribution in [3.05, 3.63) is 24.0 Å². The number of hydrogen-bond donors (Lipinski definition) is 2. The Hall–Kier alpha value is -1.33. The van der Waals surface area contributed by atoms with E-state index in [4.69, 9.17) is 10.5 Å². The van der Waals surface area contributed by atoms with Gasteiger partial charge in [0.1, 0.15) is 11.6 Å². The number of halogens is 1. The Balaban J connectivity index is 1.88. The highest BCUT2D eigenvalue weighted by molar-refractivity contribution is 5.52. The Bertz CT molecular complexity index is 496. The fourth-order valence-corrected chi connectivity index (χ4v) is 3.66. The molecule has 0 spiro atoms. The van der Waals surface area contributed by atoms with Gasteiger partial charge in [0, 0.05) is 25.2 Å². The number of anilines is 1. The number of fused-ring (bicyclic) bond motifs is 1. The molecule has 1 aromatic carbocycles. The van der Waals surface area contributed by atoms with Crippen molar-refractivity contribution in [3.8, 4) is 5.75 Å². The molecule has 0 bridgehead atoms. The van der Waals surface area contributed by atoms with Gasteiger partial charge in [-0.15, -0.1) is 0 Å². The van der Waals surface area contributed by atoms with Crippen LogP contribution in [0.25, 0.3) is 0 Å². The second-order valence-electron chi connectivity index (χ2n) is 5.78. The van der Waals surface area contributed by atoms with Crippen LogP contribution in [0.15, 0.2) is 18.2 Å². The molecule has 110 valence electrons. The Morgan fingerprint density at radius 3 is 3.10 bits per heavy atom. The van der Waals surface area contributed by atoms with Crippen LogP contribution in [0.2, 0.25) is 0 Å². The van der Waals surface area contributed by atoms with Gasteiger partial charge >= 0.3 is 0 Å². The molecular formula is C15H22FN3O. The summed E-state index contributed by atoms with van der Waals surface area (Å²) in [6.07, 6.45) is 3.30. The molecule has 0 aliphatic carbocycles. The molecule has 2 aliphatic rings. The monoisotopic (exact) mass is 279 g/mol. The molecule has 2 fully saturated rings. The number of ether oxygens (including phenoxy) is 1. The van der Waals surface area contributed by atoms with E-state index in [2.05, 4.69) is 10.2 Å². The number of nitrogens with two attached hydrogens (primary N) is 1. The summed E-state index contributed by atoms with van der Waals surface area (Å²) in [6.45, 7) is 2.69. The largest absolute Gasteiger partial charge is 0.497 e. The van der Waals surface area contributed by atoms with E-state index < -0.39 is 0 Å². The van der Waals surface area contributed by atoms with E-state index in [0.717, 1.165) is 25.9 Å². The second kappa shape index (κ2) is 5.22. The number of nitrogens with one attached hydrogen (secondary N) is 1. The molecule has 2 atom stereocenters. The van der Waals surface area contributed by atoms with Crippen molar-refractivity contribution in [2.75, 3.05) is 32.1 Å². The standard InChI is InChI=1S/C15H22FN3O/c1-20-11-4-5-12(16)13(9-11)18-15(10-17)6-8-19-7-2-3-14(15)19/h4-5,9,14,18H,2-3,6-8,10,17H2,1H3. The molecule has 0 amide bonds. The molecule has 1 aromatic rings. The summed E-state index contributed by atoms with van der Waals surface area (Å²) < 4.78 is 19.2. The molecule has 2 heterocycles. The molecule has 0 aromatic heterocycles. The van der Waals surface area contributed by atoms with Crippen molar-refractivity contribution in [1.82, 2.24) is 4.90 Å². The first-order valence-electron chi connectivity index (χ1n) is 7.24. The van der Waals surface area contributed by atoms with Gasteiger partial charge in [-0.05, 0) is 37.9 Å². The van der Waals surface area contributed by atoms with Crippen LogP contribution in [0.1, 0.15) is 19.3 Å². The molecule has 0 saturated carbocycles. The molecule has 2 aliphatic heterocycles. The number of benzene rings is 1. The van der Waals surface area contributed by atoms with Crippen molar-refractivity contribution < 1.29 is 9.13 Å². The molecule has 0 radical (unpaired) electrons. The molecule has 4 nitrogen and oxygen atoms in total. The van der Waals surface area contributed by atoms with Crippen LogP contribution in [-0.2, 0) is 0 Å². The lowest BCUT2D eigenvalue weighted by Crippen LogP contribution is -2.53. The first-order valence-corrected chi connectivity index (χ1v) is 7.24. The predicted molar refractivity (Wildman–Crippen MR) is 77.6 cm³/mol. The zero-order valence-corrected chi connectivity index (χ0v) is 11.9. The SMILES string of the molecule is COc1ccc(F)c(NC2(CN)CCN3CCCC32)c1. The van der Waals surface area contributed by atoms with Crippen molar-refractivity contribution >= 4 is 5.69 Å². The molecule has 20 heavy (non-hydrogen) atoms. The Morgan fingerprint density at radius 2 is 2.35 bits per heavy atom. The highest BCUT2D eigenvalue weighted by Gasteiger charge is 2.48. The Kier molecular flexibility index (Phi) is 3.56. The van der Waals surface area contributed by atoms with Crippen molar-refractivity contribution in [2.24, 2.45) is 5.73 Å². The average Bonchev–Trinajstić information content (AvgIpc) is 3.05. The van der Waals surface area contributed by atoms with Crippen molar-refractivity contribution in [3.63, 3.8) is 0 Å². The second-order valence-corrected chi connectivity index (χ2v) is 5.78. The summed E-state index contributed by atoms with van der Waals surface area (Å²) in [7, 11) is 1.59. The van der Waals surface area contributed by atoms with Gasteiger partial charge < -0.3 is 15.8 Å². The van der Waals surface area contributed by atoms with Crippen LogP contribution in [0.3, 0.4) is 0 Å². The van der Waals surface area contributed by atoms with Crippen LogP contribution in [0, 0.1) is 5.82 Å². The van der Waals surface area contributed by atoms with Crippen LogP contribution in [-0.4, -0.2) is 43.2 Å². The minimum atomic E-state index is -0.255. The lowest BCUT2D eigenvalue weighted by atomic mass is 9.88. The molecule has 3 N–H and O–H groups in total. The quantitative estimate of drug-likeness (QED) is 0.882. The Labute approximate surface area is 119 Å². The number of rotatable bonds is 4. The highest BCUT2D eigenvalue weighted by Crippen LogP contribution is 2.38. The summed E-state index contributed by atoms with van der Waals surface area (Å²) in [5.74, 6) is 0.400. The molecule has 2 saturated heterocycles. The van der Waals surface area contributed by atoms with Gasteiger partial charge in [0.25, 0.3) is 0 Å². The fourth-order valence-electron chi connectivity index (χ4n) is 3.66. The molecular weight excluding hydrogens is 257 g/mol. The zero-order valence-electron chi connectivity index (χ0n) is 11.9. The molecule has 3 rings (SSSR count). The van der Waals surface area contributed by atoms with Gasteiger partial charge in [-0.1, -0.05) is 0 Å². The zero-order chi connectivity index (χ0) is 14.2. The van der Waals surface area contributed by atoms with E-state index in [1.807, 2.05) is 0 Å². The minimum absolute atomic E-state index is 0.219. The van der Waals surface area contributed by atoms with Crippen molar-refractivity contribution in [2.45, 2.75) is 30.8 Å². The van der Waals surface area contributed by atoms with Gasteiger partial charge in [0.2, 0.25) is 0 Å². The number of methoxy groups -OCH3 is 1. The maximum atomic E-state index is 14.0. The third-order valence-corrected chi connectivity index (χ3v) is 4.77. The van der Waals surface area contributed by atoms with E-state index in [0.29, 0.717) is 24.0 Å². The molecule has 5 heteroatoms. The molecule has 2 unspecified atom stereocenters. The van der Waals surface area contributed by atoms with E-state index in [1.54, 1.807) is 19.2 Å². The van der Waals surface area contributed by atoms with E-state index in [-0.39, 0.29) is 11.4 Å². The maximum absolute atomic E-state index is 14.0. The summed E-state index contributed by atoms with van der Waals surface area (Å²) in [6, 6.07) is 5.20. The topological polar surface area (TPSA) is 50.5 Å². The fraction of sp³-hybridized carbons (Fsp3) is 0.600. The minimum Gasteiger partial charge on any atom is -0.497 e. The van der Waals surface area contributed by atoms with E-state index in [1.165, 1.54) is 12.5 Å². The van der Waals surface area contributed by atoms with Gasteiger partial charge in [-0.2, -0.15) is 0 Å². The lowest BCUT2D eigenvalue weighted by Gasteiger charge is -2.36. The average molecular weight is 279 g/mol. The van der Waals surface area contributed by atoms with Gasteiger partial charge in [-0.25, -0.2) is 4.39 Å². The first kappa shape index (κ1) is 13.6. The van der Waals surface area contributed by atoms with Crippen LogP contribution < -0.4 is 15.8 Å². The summed E-state index contributed by atoms with van der Waals surface area (Å²) in [5, 5.41) is 3.40. The normalized spacial score (nSPS) is 29.4. The van der Waals surface area contributed by atoms with Crippen LogP contribution in [0.5, 0.6) is 5.75 Å². The van der Waals surface area contributed by atoms with Crippen molar-refractivity contribution in [1.29, 1.82) is 0 Å². The maximum Gasteiger partial charge on any atom is 0.146 e. The highest BCUT2D eigenvalue weighted by atomic mass is 19.1. The third kappa shape index (κ3) is 2.15. The lowest BCUT2D eigenvalue weighted by molar-refractivity contribution is 0.280. The first-order chi connectivity index (χ1) is 9.68. The van der Waals surface area contributed by atoms with E-state index >= 15 is 0 Å². The van der Waals surface area contributed by atoms with Crippen LogP contribution in [0.4, 0.5) is 10.1 Å². The smallest absolute Gasteiger partial charge is 0.146 e. The third-order valence-electron chi connectivity index (χ3n) is 4.77. The summed E-state index contributed by atoms with van der Waals surface area (Å²) in [5.41, 5.74) is 6.32. The van der Waals surface area contributed by atoms with Gasteiger partial charge in [0.15, 0.2) is 0 Å². The Morgan fingerprint density at radius 1 is 1.50 bits per heavy atom. The number of hydrogen-bond acceptors (Lipinski definition) is 4. The summed E-state index contributed by atoms with van der Waals surface area (Å²) >= 11 is 0. The van der Waals surface area contributed by atoms with Crippen LogP contribution >= 0.6 is 0 Å². The van der Waals surface area contributed by atoms with E-state index in [9.17, 15) is 4.39 Å². The van der Waals surface area contributed by atoms with Gasteiger partial charge in [-0.3, -0.25) is 4.90 Å². The predicted octanol–water partition coefficient (Wildman–Crippen LogP) is 1.81.